The third-order valence-corrected chi connectivity index (χ3v) is 4.67. The Morgan fingerprint density at radius 2 is 1.71 bits per heavy atom. The molecule has 1 aliphatic carbocycles. The predicted molar refractivity (Wildman–Crippen MR) is 89.8 cm³/mol. The van der Waals surface area contributed by atoms with E-state index in [0.29, 0.717) is 5.92 Å². The van der Waals surface area contributed by atoms with Crippen molar-refractivity contribution in [2.45, 2.75) is 44.9 Å². The highest BCUT2D eigenvalue weighted by molar-refractivity contribution is 5.40. The van der Waals surface area contributed by atoms with Gasteiger partial charge in [0.05, 0.1) is 0 Å². The van der Waals surface area contributed by atoms with Gasteiger partial charge >= 0.3 is 0 Å². The minimum absolute atomic E-state index is 0.433. The van der Waals surface area contributed by atoms with E-state index < -0.39 is 0 Å². The topological polar surface area (TPSA) is 26.0 Å². The summed E-state index contributed by atoms with van der Waals surface area (Å²) < 4.78 is 0. The molecule has 0 bridgehead atoms. The second kappa shape index (κ2) is 6.44. The fraction of sp³-hybridized carbons (Fsp3) is 0.400. The first kappa shape index (κ1) is 14.3. The third kappa shape index (κ3) is 3.19. The summed E-state index contributed by atoms with van der Waals surface area (Å²) in [6.45, 7) is 2.89. The molecule has 0 radical (unpaired) electrons. The summed E-state index contributed by atoms with van der Waals surface area (Å²) >= 11 is 0. The molecule has 110 valence electrons. The first-order valence-corrected chi connectivity index (χ1v) is 8.16. The van der Waals surface area contributed by atoms with Gasteiger partial charge < -0.3 is 5.73 Å². The smallest absolute Gasteiger partial charge is 0.0101 e. The molecule has 2 aromatic carbocycles. The van der Waals surface area contributed by atoms with Crippen molar-refractivity contribution in [3.8, 4) is 0 Å². The van der Waals surface area contributed by atoms with Crippen LogP contribution in [0.4, 0.5) is 0 Å². The molecule has 21 heavy (non-hydrogen) atoms. The normalized spacial score (nSPS) is 15.5. The van der Waals surface area contributed by atoms with Crippen molar-refractivity contribution >= 4 is 0 Å². The van der Waals surface area contributed by atoms with Crippen LogP contribution in [-0.4, -0.2) is 6.54 Å². The highest BCUT2D eigenvalue weighted by Gasteiger charge is 2.16. The number of fused-ring (bicyclic) bond motifs is 1. The van der Waals surface area contributed by atoms with Gasteiger partial charge in [0, 0.05) is 5.92 Å². The van der Waals surface area contributed by atoms with Crippen LogP contribution in [0.1, 0.15) is 53.0 Å². The van der Waals surface area contributed by atoms with Crippen LogP contribution in [0.5, 0.6) is 0 Å². The van der Waals surface area contributed by atoms with E-state index in [1.54, 1.807) is 11.1 Å². The van der Waals surface area contributed by atoms with Crippen LogP contribution in [0.3, 0.4) is 0 Å². The number of rotatable bonds is 4. The van der Waals surface area contributed by atoms with Crippen molar-refractivity contribution in [1.82, 2.24) is 0 Å². The monoisotopic (exact) mass is 279 g/mol. The largest absolute Gasteiger partial charge is 0.330 e. The van der Waals surface area contributed by atoms with Crippen LogP contribution < -0.4 is 5.73 Å². The van der Waals surface area contributed by atoms with Crippen molar-refractivity contribution in [3.05, 3.63) is 70.3 Å². The minimum Gasteiger partial charge on any atom is -0.330 e. The number of aryl methyl sites for hydroxylation is 3. The Morgan fingerprint density at radius 1 is 0.952 bits per heavy atom. The van der Waals surface area contributed by atoms with Crippen molar-refractivity contribution in [2.24, 2.45) is 5.73 Å². The van der Waals surface area contributed by atoms with Crippen LogP contribution in [0.2, 0.25) is 0 Å². The molecular formula is C20H25N. The van der Waals surface area contributed by atoms with E-state index in [2.05, 4.69) is 49.4 Å². The van der Waals surface area contributed by atoms with Crippen LogP contribution in [0.15, 0.2) is 42.5 Å². The molecule has 1 aliphatic rings. The molecule has 0 spiro atoms. The summed E-state index contributed by atoms with van der Waals surface area (Å²) in [6.07, 6.45) is 6.19. The molecule has 0 fully saturated rings. The zero-order chi connectivity index (χ0) is 14.7. The summed E-state index contributed by atoms with van der Waals surface area (Å²) in [7, 11) is 0. The summed E-state index contributed by atoms with van der Waals surface area (Å²) in [5.74, 6) is 0.433. The van der Waals surface area contributed by atoms with E-state index in [1.807, 2.05) is 0 Å². The second-order valence-electron chi connectivity index (χ2n) is 6.28. The average molecular weight is 279 g/mol. The minimum atomic E-state index is 0.433. The molecular weight excluding hydrogens is 254 g/mol. The van der Waals surface area contributed by atoms with Gasteiger partial charge in [-0.3, -0.25) is 0 Å². The summed E-state index contributed by atoms with van der Waals surface area (Å²) in [6, 6.07) is 16.0. The molecule has 0 amide bonds. The molecule has 1 unspecified atom stereocenters. The lowest BCUT2D eigenvalue weighted by Crippen LogP contribution is -2.11. The van der Waals surface area contributed by atoms with Crippen LogP contribution in [0.25, 0.3) is 0 Å². The van der Waals surface area contributed by atoms with Gasteiger partial charge in [0.1, 0.15) is 0 Å². The Morgan fingerprint density at radius 3 is 2.48 bits per heavy atom. The van der Waals surface area contributed by atoms with Gasteiger partial charge in [-0.05, 0) is 67.8 Å². The highest BCUT2D eigenvalue weighted by atomic mass is 14.5. The molecule has 1 atom stereocenters. The molecule has 2 N–H and O–H groups in total. The maximum atomic E-state index is 5.88. The molecule has 3 rings (SSSR count). The molecule has 0 aliphatic heterocycles. The fourth-order valence-corrected chi connectivity index (χ4v) is 3.55. The highest BCUT2D eigenvalue weighted by Crippen LogP contribution is 2.31. The lowest BCUT2D eigenvalue weighted by atomic mass is 9.83. The van der Waals surface area contributed by atoms with E-state index in [9.17, 15) is 0 Å². The number of hydrogen-bond acceptors (Lipinski definition) is 1. The molecule has 1 heteroatoms. The molecule has 0 saturated heterocycles. The summed E-state index contributed by atoms with van der Waals surface area (Å²) in [5.41, 5.74) is 13.2. The quantitative estimate of drug-likeness (QED) is 0.884. The Kier molecular flexibility index (Phi) is 4.40. The van der Waals surface area contributed by atoms with Gasteiger partial charge in [0.2, 0.25) is 0 Å². The third-order valence-electron chi connectivity index (χ3n) is 4.67. The number of benzene rings is 2. The predicted octanol–water partition coefficient (Wildman–Crippen LogP) is 4.35. The SMILES string of the molecule is Cc1cccc(C(CCN)c2ccc3c(c2)CCCC3)c1. The Bertz CT molecular complexity index is 615. The standard InChI is InChI=1S/C20H25N/c1-15-5-4-8-18(13-15)20(11-12-21)19-10-9-16-6-2-3-7-17(16)14-19/h4-5,8-10,13-14,20H,2-3,6-7,11-12,21H2,1H3. The zero-order valence-corrected chi connectivity index (χ0v) is 12.9. The van der Waals surface area contributed by atoms with Crippen LogP contribution in [-0.2, 0) is 12.8 Å². The van der Waals surface area contributed by atoms with Crippen LogP contribution >= 0.6 is 0 Å². The van der Waals surface area contributed by atoms with Crippen LogP contribution in [0, 0.1) is 6.92 Å². The van der Waals surface area contributed by atoms with E-state index in [4.69, 9.17) is 5.73 Å². The zero-order valence-electron chi connectivity index (χ0n) is 12.9. The lowest BCUT2D eigenvalue weighted by molar-refractivity contribution is 0.677. The molecule has 0 saturated carbocycles. The summed E-state index contributed by atoms with van der Waals surface area (Å²) in [5, 5.41) is 0. The Hall–Kier alpha value is -1.60. The Balaban J connectivity index is 1.97. The van der Waals surface area contributed by atoms with Crippen molar-refractivity contribution in [1.29, 1.82) is 0 Å². The fourth-order valence-electron chi connectivity index (χ4n) is 3.55. The average Bonchev–Trinajstić information content (AvgIpc) is 2.52. The molecule has 0 aromatic heterocycles. The molecule has 2 aromatic rings. The van der Waals surface area contributed by atoms with E-state index in [-0.39, 0.29) is 0 Å². The molecule has 0 heterocycles. The maximum absolute atomic E-state index is 5.88. The van der Waals surface area contributed by atoms with Gasteiger partial charge in [0.25, 0.3) is 0 Å². The van der Waals surface area contributed by atoms with Gasteiger partial charge in [-0.15, -0.1) is 0 Å². The van der Waals surface area contributed by atoms with E-state index in [1.165, 1.54) is 42.4 Å². The lowest BCUT2D eigenvalue weighted by Gasteiger charge is -2.22. The van der Waals surface area contributed by atoms with Gasteiger partial charge in [0.15, 0.2) is 0 Å². The van der Waals surface area contributed by atoms with E-state index >= 15 is 0 Å². The Labute approximate surface area is 128 Å². The maximum Gasteiger partial charge on any atom is 0.0101 e. The first-order chi connectivity index (χ1) is 10.3. The van der Waals surface area contributed by atoms with Gasteiger partial charge in [-0.1, -0.05) is 48.0 Å². The van der Waals surface area contributed by atoms with Crippen molar-refractivity contribution < 1.29 is 0 Å². The second-order valence-corrected chi connectivity index (χ2v) is 6.28. The summed E-state index contributed by atoms with van der Waals surface area (Å²) in [4.78, 5) is 0. The van der Waals surface area contributed by atoms with Crippen molar-refractivity contribution in [2.75, 3.05) is 6.54 Å². The molecule has 1 nitrogen and oxygen atoms in total. The van der Waals surface area contributed by atoms with Crippen molar-refractivity contribution in [3.63, 3.8) is 0 Å². The first-order valence-electron chi connectivity index (χ1n) is 8.16. The number of hydrogen-bond donors (Lipinski definition) is 1. The van der Waals surface area contributed by atoms with Gasteiger partial charge in [-0.25, -0.2) is 0 Å². The number of nitrogens with two attached hydrogens (primary N) is 1. The van der Waals surface area contributed by atoms with Gasteiger partial charge in [-0.2, -0.15) is 0 Å². The van der Waals surface area contributed by atoms with E-state index in [0.717, 1.165) is 13.0 Å².